The largest absolute Gasteiger partial charge is 0.366 e. The highest BCUT2D eigenvalue weighted by atomic mass is 127. The summed E-state index contributed by atoms with van der Waals surface area (Å²) in [5, 5.41) is 6.67. The highest BCUT2D eigenvalue weighted by molar-refractivity contribution is 14.0. The molecule has 2 aromatic rings. The van der Waals surface area contributed by atoms with Crippen LogP contribution >= 0.6 is 35.3 Å². The van der Waals surface area contributed by atoms with Gasteiger partial charge in [0.2, 0.25) is 0 Å². The Morgan fingerprint density at radius 1 is 1.26 bits per heavy atom. The van der Waals surface area contributed by atoms with E-state index in [1.54, 1.807) is 24.5 Å². The van der Waals surface area contributed by atoms with Gasteiger partial charge in [0.1, 0.15) is 5.82 Å². The average Bonchev–Trinajstić information content (AvgIpc) is 3.13. The lowest BCUT2D eigenvalue weighted by atomic mass is 10.2. The number of para-hydroxylation sites is 1. The second-order valence-electron chi connectivity index (χ2n) is 6.66. The Hall–Kier alpha value is -1.42. The lowest BCUT2D eigenvalue weighted by Crippen LogP contribution is -2.52. The van der Waals surface area contributed by atoms with Gasteiger partial charge in [-0.2, -0.15) is 0 Å². The second kappa shape index (κ2) is 10.2. The van der Waals surface area contributed by atoms with Crippen LogP contribution in [0.1, 0.15) is 30.5 Å². The van der Waals surface area contributed by atoms with E-state index < -0.39 is 0 Å². The van der Waals surface area contributed by atoms with Crippen molar-refractivity contribution in [2.75, 3.05) is 38.1 Å². The van der Waals surface area contributed by atoms with Gasteiger partial charge in [0.05, 0.1) is 22.9 Å². The van der Waals surface area contributed by atoms with Crippen LogP contribution in [-0.4, -0.2) is 49.1 Å². The molecule has 8 heteroatoms. The first-order valence-electron chi connectivity index (χ1n) is 8.98. The van der Waals surface area contributed by atoms with Crippen LogP contribution in [0.5, 0.6) is 0 Å². The first-order chi connectivity index (χ1) is 12.6. The number of thiazole rings is 1. The van der Waals surface area contributed by atoms with Crippen LogP contribution in [0.2, 0.25) is 0 Å². The Morgan fingerprint density at radius 2 is 1.96 bits per heavy atom. The van der Waals surface area contributed by atoms with Crippen LogP contribution in [0.3, 0.4) is 0 Å². The maximum absolute atomic E-state index is 14.0. The van der Waals surface area contributed by atoms with Crippen LogP contribution in [0, 0.1) is 5.82 Å². The summed E-state index contributed by atoms with van der Waals surface area (Å²) < 4.78 is 14.0. The SMILES string of the molecule is CN=C(NCc1csc(C(C)C)n1)N1CCN(c2ccccc2F)CC1.I. The molecule has 2 heterocycles. The van der Waals surface area contributed by atoms with E-state index in [0.717, 1.165) is 42.8 Å². The quantitative estimate of drug-likeness (QED) is 0.391. The van der Waals surface area contributed by atoms with Crippen LogP contribution in [-0.2, 0) is 6.54 Å². The van der Waals surface area contributed by atoms with E-state index in [0.29, 0.717) is 18.2 Å². The highest BCUT2D eigenvalue weighted by Gasteiger charge is 2.21. The van der Waals surface area contributed by atoms with Gasteiger partial charge >= 0.3 is 0 Å². The number of benzene rings is 1. The third-order valence-corrected chi connectivity index (χ3v) is 5.67. The molecule has 148 valence electrons. The van der Waals surface area contributed by atoms with E-state index in [2.05, 4.69) is 44.3 Å². The van der Waals surface area contributed by atoms with E-state index in [1.807, 2.05) is 12.1 Å². The number of aromatic nitrogens is 1. The summed E-state index contributed by atoms with van der Waals surface area (Å²) in [6.07, 6.45) is 0. The normalized spacial score (nSPS) is 15.1. The highest BCUT2D eigenvalue weighted by Crippen LogP contribution is 2.21. The molecule has 0 bridgehead atoms. The molecule has 1 aromatic carbocycles. The molecule has 1 aromatic heterocycles. The number of rotatable bonds is 4. The maximum Gasteiger partial charge on any atom is 0.194 e. The van der Waals surface area contributed by atoms with E-state index in [9.17, 15) is 4.39 Å². The number of hydrogen-bond donors (Lipinski definition) is 1. The fourth-order valence-corrected chi connectivity index (χ4v) is 3.87. The molecule has 0 amide bonds. The average molecular weight is 503 g/mol. The number of piperazine rings is 1. The smallest absolute Gasteiger partial charge is 0.194 e. The zero-order chi connectivity index (χ0) is 18.5. The molecule has 0 aliphatic carbocycles. The van der Waals surface area contributed by atoms with Gasteiger partial charge in [-0.15, -0.1) is 35.3 Å². The molecule has 0 atom stereocenters. The zero-order valence-electron chi connectivity index (χ0n) is 16.0. The third-order valence-electron chi connectivity index (χ3n) is 4.48. The molecule has 0 spiro atoms. The van der Waals surface area contributed by atoms with Gasteiger partial charge in [0.25, 0.3) is 0 Å². The summed E-state index contributed by atoms with van der Waals surface area (Å²) in [5.41, 5.74) is 1.73. The van der Waals surface area contributed by atoms with Gasteiger partial charge in [0, 0.05) is 44.5 Å². The van der Waals surface area contributed by atoms with Gasteiger partial charge in [0.15, 0.2) is 5.96 Å². The van der Waals surface area contributed by atoms with E-state index in [4.69, 9.17) is 0 Å². The number of hydrogen-bond acceptors (Lipinski definition) is 4. The standard InChI is InChI=1S/C19H26FN5S.HI/c1-14(2)18-23-15(13-26-18)12-22-19(21-3)25-10-8-24(9-11-25)17-7-5-4-6-16(17)20;/h4-7,13-14H,8-12H2,1-3H3,(H,21,22);1H. The molecule has 1 saturated heterocycles. The topological polar surface area (TPSA) is 43.8 Å². The van der Waals surface area contributed by atoms with Crippen LogP contribution < -0.4 is 10.2 Å². The molecule has 3 rings (SSSR count). The Balaban J connectivity index is 0.00000261. The number of nitrogens with one attached hydrogen (secondary N) is 1. The second-order valence-corrected chi connectivity index (χ2v) is 7.55. The molecule has 5 nitrogen and oxygen atoms in total. The van der Waals surface area contributed by atoms with Gasteiger partial charge in [-0.25, -0.2) is 9.37 Å². The molecule has 1 aliphatic rings. The summed E-state index contributed by atoms with van der Waals surface area (Å²) >= 11 is 1.70. The van der Waals surface area contributed by atoms with Crippen molar-refractivity contribution in [3.8, 4) is 0 Å². The number of guanidine groups is 1. The maximum atomic E-state index is 14.0. The molecular weight excluding hydrogens is 476 g/mol. The van der Waals surface area contributed by atoms with E-state index >= 15 is 0 Å². The Bertz CT molecular complexity index is 756. The molecule has 0 saturated carbocycles. The first-order valence-corrected chi connectivity index (χ1v) is 9.86. The van der Waals surface area contributed by atoms with Crippen molar-refractivity contribution < 1.29 is 4.39 Å². The van der Waals surface area contributed by atoms with Crippen molar-refractivity contribution in [3.05, 3.63) is 46.2 Å². The Morgan fingerprint density at radius 3 is 2.56 bits per heavy atom. The number of halogens is 2. The van der Waals surface area contributed by atoms with Crippen molar-refractivity contribution in [2.24, 2.45) is 4.99 Å². The summed E-state index contributed by atoms with van der Waals surface area (Å²) in [7, 11) is 1.80. The molecule has 0 unspecified atom stereocenters. The summed E-state index contributed by atoms with van der Waals surface area (Å²) in [6, 6.07) is 6.96. The minimum absolute atomic E-state index is 0. The fraction of sp³-hybridized carbons (Fsp3) is 0.474. The Kier molecular flexibility index (Phi) is 8.28. The lowest BCUT2D eigenvalue weighted by molar-refractivity contribution is 0.370. The predicted octanol–water partition coefficient (Wildman–Crippen LogP) is 3.92. The predicted molar refractivity (Wildman–Crippen MR) is 122 cm³/mol. The minimum atomic E-state index is -0.159. The van der Waals surface area contributed by atoms with Crippen LogP contribution in [0.25, 0.3) is 0 Å². The molecular formula is C19H27FIN5S. The van der Waals surface area contributed by atoms with Crippen molar-refractivity contribution in [2.45, 2.75) is 26.3 Å². The number of nitrogens with zero attached hydrogens (tertiary/aromatic N) is 4. The fourth-order valence-electron chi connectivity index (χ4n) is 3.04. The minimum Gasteiger partial charge on any atom is -0.366 e. The molecule has 1 aliphatic heterocycles. The third kappa shape index (κ3) is 5.54. The van der Waals surface area contributed by atoms with Crippen molar-refractivity contribution in [3.63, 3.8) is 0 Å². The summed E-state index contributed by atoms with van der Waals surface area (Å²) in [6.45, 7) is 8.15. The van der Waals surface area contributed by atoms with Crippen molar-refractivity contribution >= 4 is 47.0 Å². The lowest BCUT2D eigenvalue weighted by Gasteiger charge is -2.37. The van der Waals surface area contributed by atoms with Gasteiger partial charge in [-0.3, -0.25) is 4.99 Å². The van der Waals surface area contributed by atoms with Crippen molar-refractivity contribution in [1.82, 2.24) is 15.2 Å². The van der Waals surface area contributed by atoms with Gasteiger partial charge in [-0.1, -0.05) is 26.0 Å². The molecule has 27 heavy (non-hydrogen) atoms. The zero-order valence-corrected chi connectivity index (χ0v) is 19.1. The Labute approximate surface area is 181 Å². The van der Waals surface area contributed by atoms with Crippen molar-refractivity contribution in [1.29, 1.82) is 0 Å². The summed E-state index contributed by atoms with van der Waals surface area (Å²) in [4.78, 5) is 13.4. The molecule has 1 fully saturated rings. The van der Waals surface area contributed by atoms with Gasteiger partial charge < -0.3 is 15.1 Å². The summed E-state index contributed by atoms with van der Waals surface area (Å²) in [5.74, 6) is 1.17. The van der Waals surface area contributed by atoms with Crippen LogP contribution in [0.15, 0.2) is 34.6 Å². The number of anilines is 1. The molecule has 1 N–H and O–H groups in total. The molecule has 0 radical (unpaired) electrons. The van der Waals surface area contributed by atoms with Gasteiger partial charge in [-0.05, 0) is 12.1 Å². The monoisotopic (exact) mass is 503 g/mol. The number of aliphatic imine (C=N–C) groups is 1. The first kappa shape index (κ1) is 21.9. The van der Waals surface area contributed by atoms with E-state index in [1.165, 1.54) is 6.07 Å². The van der Waals surface area contributed by atoms with E-state index in [-0.39, 0.29) is 29.8 Å². The van der Waals surface area contributed by atoms with Crippen LogP contribution in [0.4, 0.5) is 10.1 Å².